The first-order valence-corrected chi connectivity index (χ1v) is 13.3. The lowest BCUT2D eigenvalue weighted by Crippen LogP contribution is -1.98. The Hall–Kier alpha value is -4.28. The van der Waals surface area contributed by atoms with Gasteiger partial charge >= 0.3 is 0 Å². The molecular weight excluding hydrogens is 468 g/mol. The van der Waals surface area contributed by atoms with Gasteiger partial charge in [-0.25, -0.2) is 0 Å². The molecule has 0 N–H and O–H groups in total. The average molecular weight is 505 g/mol. The zero-order chi connectivity index (χ0) is 26.7. The van der Waals surface area contributed by atoms with Crippen LogP contribution in [0.3, 0.4) is 0 Å². The Morgan fingerprint density at radius 2 is 1.08 bits per heavy atom. The smallest absolute Gasteiger partial charge is 0.142 e. The van der Waals surface area contributed by atoms with Crippen LogP contribution in [-0.2, 0) is 22.9 Å². The van der Waals surface area contributed by atoms with Crippen LogP contribution in [0.5, 0.6) is 0 Å². The van der Waals surface area contributed by atoms with Gasteiger partial charge in [0.15, 0.2) is 0 Å². The van der Waals surface area contributed by atoms with Crippen LogP contribution in [0.1, 0.15) is 85.8 Å². The normalized spacial score (nSPS) is 10.6. The number of nitrogens with zero attached hydrogens (tertiary/aromatic N) is 2. The molecule has 0 aliphatic carbocycles. The minimum Gasteiger partial charge on any atom is -0.391 e. The van der Waals surface area contributed by atoms with Crippen LogP contribution >= 0.6 is 0 Å². The van der Waals surface area contributed by atoms with E-state index in [1.54, 1.807) is 12.4 Å². The molecule has 0 amide bonds. The van der Waals surface area contributed by atoms with Crippen LogP contribution in [0.4, 0.5) is 0 Å². The highest BCUT2D eigenvalue weighted by Gasteiger charge is 2.07. The van der Waals surface area contributed by atoms with E-state index >= 15 is 0 Å². The van der Waals surface area contributed by atoms with Crippen LogP contribution in [0.25, 0.3) is 0 Å². The van der Waals surface area contributed by atoms with Gasteiger partial charge in [-0.1, -0.05) is 121 Å². The first-order valence-electron chi connectivity index (χ1n) is 13.3. The van der Waals surface area contributed by atoms with E-state index in [2.05, 4.69) is 47.8 Å². The summed E-state index contributed by atoms with van der Waals surface area (Å²) in [6, 6.07) is 24.0. The van der Waals surface area contributed by atoms with Crippen LogP contribution in [-0.4, -0.2) is 12.4 Å². The molecule has 0 radical (unpaired) electrons. The van der Waals surface area contributed by atoms with Gasteiger partial charge in [0.1, 0.15) is 13.2 Å². The first kappa shape index (κ1) is 28.3. The third-order valence-corrected chi connectivity index (χ3v) is 5.66. The summed E-state index contributed by atoms with van der Waals surface area (Å²) in [7, 11) is 0. The summed E-state index contributed by atoms with van der Waals surface area (Å²) in [6.45, 7) is 5.14. The molecule has 4 nitrogen and oxygen atoms in total. The molecule has 0 fully saturated rings. The summed E-state index contributed by atoms with van der Waals surface area (Å²) in [5, 5.41) is 8.46. The van der Waals surface area contributed by atoms with Crippen molar-refractivity contribution < 1.29 is 9.68 Å². The zero-order valence-electron chi connectivity index (χ0n) is 22.5. The summed E-state index contributed by atoms with van der Waals surface area (Å²) >= 11 is 0. The fourth-order valence-electron chi connectivity index (χ4n) is 3.47. The minimum atomic E-state index is 0.400. The molecule has 0 saturated carbocycles. The Balaban J connectivity index is 1.86. The van der Waals surface area contributed by atoms with Crippen molar-refractivity contribution in [3.8, 4) is 23.7 Å². The first-order chi connectivity index (χ1) is 18.8. The molecule has 0 heterocycles. The van der Waals surface area contributed by atoms with Crippen molar-refractivity contribution in [2.24, 2.45) is 10.3 Å². The standard InChI is InChI=1S/C34H36N2O2/c1-3-5-7-15-21-31-23-32(22-16-8-6-4-2)34(26-36-38-28-30-19-13-10-14-20-30)24-33(31)25-35-37-27-29-17-11-9-12-18-29/h9-14,17-20,23-26H,3-8,27-28H2,1-2H3/b35-25+,36-26+. The fourth-order valence-corrected chi connectivity index (χ4v) is 3.47. The molecule has 0 saturated heterocycles. The number of hydrogen-bond acceptors (Lipinski definition) is 4. The van der Waals surface area contributed by atoms with Crippen LogP contribution < -0.4 is 0 Å². The van der Waals surface area contributed by atoms with E-state index < -0.39 is 0 Å². The molecule has 194 valence electrons. The maximum Gasteiger partial charge on any atom is 0.142 e. The highest BCUT2D eigenvalue weighted by molar-refractivity contribution is 5.91. The maximum absolute atomic E-state index is 5.57. The van der Waals surface area contributed by atoms with E-state index in [1.165, 1.54) is 0 Å². The Bertz CT molecular complexity index is 1190. The van der Waals surface area contributed by atoms with Gasteiger partial charge in [-0.2, -0.15) is 0 Å². The second-order valence-electron chi connectivity index (χ2n) is 8.82. The fraction of sp³-hybridized carbons (Fsp3) is 0.294. The molecule has 0 unspecified atom stereocenters. The van der Waals surface area contributed by atoms with Crippen LogP contribution in [0.2, 0.25) is 0 Å². The molecule has 0 aromatic heterocycles. The molecule has 4 heteroatoms. The third kappa shape index (κ3) is 10.4. The van der Waals surface area contributed by atoms with Crippen molar-refractivity contribution in [1.29, 1.82) is 0 Å². The molecule has 0 spiro atoms. The molecule has 3 aromatic rings. The van der Waals surface area contributed by atoms with E-state index in [4.69, 9.17) is 9.68 Å². The van der Waals surface area contributed by atoms with Crippen molar-refractivity contribution in [1.82, 2.24) is 0 Å². The van der Waals surface area contributed by atoms with Gasteiger partial charge in [-0.15, -0.1) is 0 Å². The number of oxime groups is 2. The van der Waals surface area contributed by atoms with Gasteiger partial charge in [-0.05, 0) is 36.1 Å². The lowest BCUT2D eigenvalue weighted by Gasteiger charge is -2.06. The highest BCUT2D eigenvalue weighted by Crippen LogP contribution is 2.15. The molecule has 3 rings (SSSR count). The van der Waals surface area contributed by atoms with Gasteiger partial charge in [0.05, 0.1) is 12.4 Å². The van der Waals surface area contributed by atoms with Gasteiger partial charge in [0, 0.05) is 35.1 Å². The van der Waals surface area contributed by atoms with Crippen LogP contribution in [0, 0.1) is 23.7 Å². The number of rotatable bonds is 12. The van der Waals surface area contributed by atoms with Crippen molar-refractivity contribution >= 4 is 12.4 Å². The quantitative estimate of drug-likeness (QED) is 0.109. The number of benzene rings is 3. The second-order valence-corrected chi connectivity index (χ2v) is 8.82. The largest absolute Gasteiger partial charge is 0.391 e. The summed E-state index contributed by atoms with van der Waals surface area (Å²) in [4.78, 5) is 11.1. The Morgan fingerprint density at radius 3 is 1.50 bits per heavy atom. The molecule has 38 heavy (non-hydrogen) atoms. The predicted molar refractivity (Wildman–Crippen MR) is 157 cm³/mol. The van der Waals surface area contributed by atoms with Gasteiger partial charge in [0.2, 0.25) is 0 Å². The Morgan fingerprint density at radius 1 is 0.632 bits per heavy atom. The Kier molecular flexibility index (Phi) is 12.8. The monoisotopic (exact) mass is 504 g/mol. The summed E-state index contributed by atoms with van der Waals surface area (Å²) < 4.78 is 0. The molecule has 0 atom stereocenters. The summed E-state index contributed by atoms with van der Waals surface area (Å²) in [5.74, 6) is 13.2. The molecule has 0 bridgehead atoms. The number of unbranched alkanes of at least 4 members (excludes halogenated alkanes) is 4. The van der Waals surface area contributed by atoms with Gasteiger partial charge in [-0.3, -0.25) is 0 Å². The van der Waals surface area contributed by atoms with E-state index in [0.29, 0.717) is 13.2 Å². The lowest BCUT2D eigenvalue weighted by molar-refractivity contribution is 0.132. The average Bonchev–Trinajstić information content (AvgIpc) is 2.96. The van der Waals surface area contributed by atoms with E-state index in [1.807, 2.05) is 72.8 Å². The topological polar surface area (TPSA) is 43.2 Å². The SMILES string of the molecule is CCCCC#Cc1cc(C#CCCCC)c(/C=N/OCc2ccccc2)cc1/C=N/OCc1ccccc1. The summed E-state index contributed by atoms with van der Waals surface area (Å²) in [5.41, 5.74) is 5.57. The lowest BCUT2D eigenvalue weighted by atomic mass is 9.99. The van der Waals surface area contributed by atoms with Gasteiger partial charge in [0.25, 0.3) is 0 Å². The van der Waals surface area contributed by atoms with Crippen LogP contribution in [0.15, 0.2) is 83.1 Å². The van der Waals surface area contributed by atoms with E-state index in [-0.39, 0.29) is 0 Å². The Labute approximate surface area is 227 Å². The summed E-state index contributed by atoms with van der Waals surface area (Å²) in [6.07, 6.45) is 9.50. The molecular formula is C34H36N2O2. The van der Waals surface area contributed by atoms with Crippen molar-refractivity contribution in [3.63, 3.8) is 0 Å². The number of hydrogen-bond donors (Lipinski definition) is 0. The second kappa shape index (κ2) is 17.2. The minimum absolute atomic E-state index is 0.400. The van der Waals surface area contributed by atoms with Gasteiger partial charge < -0.3 is 9.68 Å². The third-order valence-electron chi connectivity index (χ3n) is 5.66. The van der Waals surface area contributed by atoms with Crippen molar-refractivity contribution in [2.75, 3.05) is 0 Å². The van der Waals surface area contributed by atoms with E-state index in [0.717, 1.165) is 71.9 Å². The zero-order valence-corrected chi connectivity index (χ0v) is 22.5. The van der Waals surface area contributed by atoms with Crippen molar-refractivity contribution in [2.45, 2.75) is 65.6 Å². The predicted octanol–water partition coefficient (Wildman–Crippen LogP) is 7.87. The van der Waals surface area contributed by atoms with Crippen molar-refractivity contribution in [3.05, 3.63) is 106 Å². The maximum atomic E-state index is 5.57. The molecule has 0 aliphatic rings. The van der Waals surface area contributed by atoms with E-state index in [9.17, 15) is 0 Å². The molecule has 0 aliphatic heterocycles. The highest BCUT2D eigenvalue weighted by atomic mass is 16.6. The molecule has 3 aromatic carbocycles.